The quantitative estimate of drug-likeness (QED) is 0.173. The van der Waals surface area contributed by atoms with Crippen molar-refractivity contribution in [1.29, 1.82) is 0 Å². The maximum atomic E-state index is 13.7. The summed E-state index contributed by atoms with van der Waals surface area (Å²) in [6, 6.07) is 24.2. The fraction of sp³-hybridized carbons (Fsp3) is 0.0769. The van der Waals surface area contributed by atoms with Gasteiger partial charge >= 0.3 is 5.97 Å². The van der Waals surface area contributed by atoms with Gasteiger partial charge in [0, 0.05) is 22.4 Å². The Kier molecular flexibility index (Phi) is 6.39. The topological polar surface area (TPSA) is 79.0 Å². The highest BCUT2D eigenvalue weighted by Crippen LogP contribution is 2.27. The second-order valence-corrected chi connectivity index (χ2v) is 9.04. The van der Waals surface area contributed by atoms with Gasteiger partial charge in [-0.25, -0.2) is 9.67 Å². The summed E-state index contributed by atoms with van der Waals surface area (Å²) in [6.45, 7) is 1.38. The molecule has 0 spiro atoms. The Labute approximate surface area is 209 Å². The third-order valence-electron chi connectivity index (χ3n) is 5.29. The zero-order chi connectivity index (χ0) is 24.4. The molecule has 5 rings (SSSR count). The molecule has 0 bridgehead atoms. The first-order chi connectivity index (χ1) is 17.0. The van der Waals surface area contributed by atoms with E-state index in [1.165, 1.54) is 18.7 Å². The number of carbonyl (C=O) groups excluding carboxylic acids is 1. The van der Waals surface area contributed by atoms with Crippen molar-refractivity contribution in [3.05, 3.63) is 100 Å². The molecule has 0 unspecified atom stereocenters. The number of fused-ring (bicyclic) bond motifs is 1. The first-order valence-electron chi connectivity index (χ1n) is 10.7. The van der Waals surface area contributed by atoms with Crippen LogP contribution in [0.25, 0.3) is 33.8 Å². The Morgan fingerprint density at radius 2 is 1.69 bits per heavy atom. The lowest BCUT2D eigenvalue weighted by Gasteiger charge is -2.14. The molecule has 2 heterocycles. The standard InChI is InChI=1S/C26H19ClN4O3S/c1-17(32)34-16-35-22-13-7-18(8-14-22)24-29-25-23(15-28-31(25)21-5-3-2-4-6-21)26(33)30(24)20-11-9-19(27)10-12-20/h2-15H,16H2,1H3. The molecule has 2 aromatic heterocycles. The van der Waals surface area contributed by atoms with E-state index in [9.17, 15) is 9.59 Å². The number of ether oxygens (including phenoxy) is 1. The minimum Gasteiger partial charge on any atom is -0.454 e. The van der Waals surface area contributed by atoms with Crippen molar-refractivity contribution in [3.63, 3.8) is 0 Å². The second-order valence-electron chi connectivity index (χ2n) is 7.60. The Hall–Kier alpha value is -3.88. The van der Waals surface area contributed by atoms with Gasteiger partial charge in [-0.3, -0.25) is 14.2 Å². The van der Waals surface area contributed by atoms with Gasteiger partial charge in [0.25, 0.3) is 5.56 Å². The third kappa shape index (κ3) is 4.71. The molecule has 0 atom stereocenters. The summed E-state index contributed by atoms with van der Waals surface area (Å²) in [5, 5.41) is 5.42. The molecule has 0 aliphatic rings. The third-order valence-corrected chi connectivity index (χ3v) is 6.38. The van der Waals surface area contributed by atoms with E-state index in [4.69, 9.17) is 21.3 Å². The highest BCUT2D eigenvalue weighted by atomic mass is 35.5. The van der Waals surface area contributed by atoms with Gasteiger partial charge in [0.05, 0.1) is 17.6 Å². The largest absolute Gasteiger partial charge is 0.454 e. The highest BCUT2D eigenvalue weighted by molar-refractivity contribution is 7.99. The fourth-order valence-electron chi connectivity index (χ4n) is 3.63. The predicted molar refractivity (Wildman–Crippen MR) is 137 cm³/mol. The van der Waals surface area contributed by atoms with E-state index in [0.29, 0.717) is 27.6 Å². The van der Waals surface area contributed by atoms with Crippen LogP contribution in [0.3, 0.4) is 0 Å². The van der Waals surface area contributed by atoms with Crippen LogP contribution >= 0.6 is 23.4 Å². The molecule has 174 valence electrons. The minimum atomic E-state index is -0.325. The van der Waals surface area contributed by atoms with Crippen LogP contribution in [-0.2, 0) is 9.53 Å². The Morgan fingerprint density at radius 3 is 2.37 bits per heavy atom. The van der Waals surface area contributed by atoms with Crippen LogP contribution in [0.15, 0.2) is 94.7 Å². The van der Waals surface area contributed by atoms with Crippen molar-refractivity contribution in [2.45, 2.75) is 11.8 Å². The van der Waals surface area contributed by atoms with Crippen molar-refractivity contribution in [1.82, 2.24) is 19.3 Å². The SMILES string of the molecule is CC(=O)OCSc1ccc(-c2nc3c(cnn3-c3ccccc3)c(=O)n2-c2ccc(Cl)cc2)cc1. The maximum Gasteiger partial charge on any atom is 0.303 e. The molecule has 35 heavy (non-hydrogen) atoms. The van der Waals surface area contributed by atoms with E-state index in [1.807, 2.05) is 54.6 Å². The molecule has 7 nitrogen and oxygen atoms in total. The summed E-state index contributed by atoms with van der Waals surface area (Å²) in [5.74, 6) is 0.373. The average molecular weight is 503 g/mol. The smallest absolute Gasteiger partial charge is 0.303 e. The summed E-state index contributed by atoms with van der Waals surface area (Å²) in [6.07, 6.45) is 1.54. The first kappa shape index (κ1) is 22.9. The number of hydrogen-bond acceptors (Lipinski definition) is 6. The number of para-hydroxylation sites is 1. The van der Waals surface area contributed by atoms with Gasteiger partial charge in [0.2, 0.25) is 0 Å². The molecule has 0 N–H and O–H groups in total. The molecule has 0 aliphatic heterocycles. The van der Waals surface area contributed by atoms with Crippen LogP contribution in [0, 0.1) is 0 Å². The molecule has 0 saturated carbocycles. The Balaban J connectivity index is 1.67. The lowest BCUT2D eigenvalue weighted by Crippen LogP contribution is -2.22. The van der Waals surface area contributed by atoms with Crippen LogP contribution in [0.4, 0.5) is 0 Å². The molecular weight excluding hydrogens is 484 g/mol. The number of rotatable bonds is 6. The molecular formula is C26H19ClN4O3S. The normalized spacial score (nSPS) is 11.0. The van der Waals surface area contributed by atoms with Crippen molar-refractivity contribution in [2.75, 3.05) is 5.94 Å². The molecule has 3 aromatic carbocycles. The zero-order valence-electron chi connectivity index (χ0n) is 18.6. The van der Waals surface area contributed by atoms with Crippen LogP contribution in [0.5, 0.6) is 0 Å². The van der Waals surface area contributed by atoms with Crippen molar-refractivity contribution in [2.24, 2.45) is 0 Å². The molecule has 5 aromatic rings. The summed E-state index contributed by atoms with van der Waals surface area (Å²) < 4.78 is 8.23. The molecule has 0 saturated heterocycles. The summed E-state index contributed by atoms with van der Waals surface area (Å²) >= 11 is 7.49. The zero-order valence-corrected chi connectivity index (χ0v) is 20.2. The molecule has 0 radical (unpaired) electrons. The number of benzene rings is 3. The van der Waals surface area contributed by atoms with Crippen LogP contribution < -0.4 is 5.56 Å². The van der Waals surface area contributed by atoms with Crippen molar-refractivity contribution < 1.29 is 9.53 Å². The number of thioether (sulfide) groups is 1. The summed E-state index contributed by atoms with van der Waals surface area (Å²) in [5.41, 5.74) is 2.43. The lowest BCUT2D eigenvalue weighted by atomic mass is 10.2. The van der Waals surface area contributed by atoms with Gasteiger partial charge in [0.1, 0.15) is 17.1 Å². The van der Waals surface area contributed by atoms with E-state index in [2.05, 4.69) is 5.10 Å². The minimum absolute atomic E-state index is 0.227. The molecule has 9 heteroatoms. The van der Waals surface area contributed by atoms with Crippen molar-refractivity contribution >= 4 is 40.4 Å². The molecule has 0 amide bonds. The van der Waals surface area contributed by atoms with Crippen LogP contribution in [0.1, 0.15) is 6.92 Å². The number of halogens is 1. The van der Waals surface area contributed by atoms with Gasteiger partial charge < -0.3 is 4.74 Å². The highest BCUT2D eigenvalue weighted by Gasteiger charge is 2.18. The fourth-order valence-corrected chi connectivity index (χ4v) is 4.45. The van der Waals surface area contributed by atoms with Gasteiger partial charge in [-0.05, 0) is 48.5 Å². The molecule has 0 aliphatic carbocycles. The number of nitrogens with zero attached hydrogens (tertiary/aromatic N) is 4. The summed E-state index contributed by atoms with van der Waals surface area (Å²) in [7, 11) is 0. The van der Waals surface area contributed by atoms with Gasteiger partial charge in [-0.2, -0.15) is 5.10 Å². The number of aromatic nitrogens is 4. The lowest BCUT2D eigenvalue weighted by molar-refractivity contribution is -0.138. The summed E-state index contributed by atoms with van der Waals surface area (Å²) in [4.78, 5) is 30.6. The van der Waals surface area contributed by atoms with Crippen LogP contribution in [-0.4, -0.2) is 31.2 Å². The van der Waals surface area contributed by atoms with E-state index in [1.54, 1.807) is 39.7 Å². The van der Waals surface area contributed by atoms with Crippen LogP contribution in [0.2, 0.25) is 5.02 Å². The van der Waals surface area contributed by atoms with Gasteiger partial charge in [-0.15, -0.1) is 0 Å². The van der Waals surface area contributed by atoms with E-state index < -0.39 is 0 Å². The maximum absolute atomic E-state index is 13.7. The predicted octanol–water partition coefficient (Wildman–Crippen LogP) is 5.50. The van der Waals surface area contributed by atoms with Crippen molar-refractivity contribution in [3.8, 4) is 22.8 Å². The average Bonchev–Trinajstić information content (AvgIpc) is 3.30. The number of carbonyl (C=O) groups is 1. The van der Waals surface area contributed by atoms with E-state index in [0.717, 1.165) is 16.1 Å². The van der Waals surface area contributed by atoms with E-state index in [-0.39, 0.29) is 17.5 Å². The first-order valence-corrected chi connectivity index (χ1v) is 12.1. The second kappa shape index (κ2) is 9.77. The van der Waals surface area contributed by atoms with Gasteiger partial charge in [-0.1, -0.05) is 53.7 Å². The number of hydrogen-bond donors (Lipinski definition) is 0. The van der Waals surface area contributed by atoms with E-state index >= 15 is 0 Å². The Morgan fingerprint density at radius 1 is 0.971 bits per heavy atom. The number of esters is 1. The molecule has 0 fully saturated rings. The monoisotopic (exact) mass is 502 g/mol. The van der Waals surface area contributed by atoms with Gasteiger partial charge in [0.15, 0.2) is 5.65 Å². The Bertz CT molecular complexity index is 1560.